The molecule has 0 saturated heterocycles. The Kier molecular flexibility index (Phi) is 4.81. The number of benzene rings is 1. The first-order valence-corrected chi connectivity index (χ1v) is 9.46. The molecule has 4 rings (SSSR count). The van der Waals surface area contributed by atoms with Crippen molar-refractivity contribution in [2.45, 2.75) is 44.6 Å². The van der Waals surface area contributed by atoms with Gasteiger partial charge in [0.15, 0.2) is 6.04 Å². The van der Waals surface area contributed by atoms with Crippen LogP contribution in [0.15, 0.2) is 40.9 Å². The van der Waals surface area contributed by atoms with E-state index in [1.807, 2.05) is 6.92 Å². The molecule has 144 valence electrons. The number of carboxylic acids is 1. The van der Waals surface area contributed by atoms with Gasteiger partial charge in [-0.25, -0.2) is 9.78 Å². The Labute approximate surface area is 161 Å². The van der Waals surface area contributed by atoms with Crippen LogP contribution in [0, 0.1) is 0 Å². The molecule has 1 aliphatic rings. The van der Waals surface area contributed by atoms with Gasteiger partial charge in [-0.3, -0.25) is 4.79 Å². The second-order valence-corrected chi connectivity index (χ2v) is 7.08. The maximum Gasteiger partial charge on any atom is 0.330 e. The third-order valence-electron chi connectivity index (χ3n) is 4.92. The number of amides is 1. The van der Waals surface area contributed by atoms with Crippen molar-refractivity contribution >= 4 is 23.0 Å². The third kappa shape index (κ3) is 3.47. The molecule has 0 aliphatic heterocycles. The molecule has 1 atom stereocenters. The Morgan fingerprint density at radius 2 is 2.04 bits per heavy atom. The maximum absolute atomic E-state index is 13.1. The first-order valence-electron chi connectivity index (χ1n) is 9.46. The lowest BCUT2D eigenvalue weighted by Crippen LogP contribution is -2.34. The minimum Gasteiger partial charge on any atom is -0.479 e. The number of hydrogen-bond donors (Lipinski definition) is 2. The summed E-state index contributed by atoms with van der Waals surface area (Å²) < 4.78 is 5.39. The van der Waals surface area contributed by atoms with Gasteiger partial charge in [-0.2, -0.15) is 0 Å². The molecular weight excluding hydrogens is 358 g/mol. The predicted molar refractivity (Wildman–Crippen MR) is 102 cm³/mol. The molecule has 0 bridgehead atoms. The lowest BCUT2D eigenvalue weighted by atomic mass is 10.0. The molecule has 1 saturated carbocycles. The predicted octanol–water partition coefficient (Wildman–Crippen LogP) is 3.61. The second-order valence-electron chi connectivity index (χ2n) is 7.08. The Balaban J connectivity index is 1.74. The van der Waals surface area contributed by atoms with Gasteiger partial charge in [-0.1, -0.05) is 48.8 Å². The summed E-state index contributed by atoms with van der Waals surface area (Å²) in [7, 11) is 0. The van der Waals surface area contributed by atoms with Crippen LogP contribution in [0.4, 0.5) is 0 Å². The van der Waals surface area contributed by atoms with Crippen LogP contribution < -0.4 is 5.32 Å². The molecule has 1 fully saturated rings. The van der Waals surface area contributed by atoms with E-state index in [1.165, 1.54) is 0 Å². The van der Waals surface area contributed by atoms with Crippen LogP contribution in [0.2, 0.25) is 0 Å². The SMILES string of the molecule is CCCc1noc2nc(C3CC3)cc(C(=O)N[C@H](C(=O)O)c3ccccc3)c12. The molecule has 1 aromatic carbocycles. The van der Waals surface area contributed by atoms with Gasteiger partial charge in [-0.05, 0) is 30.9 Å². The van der Waals surface area contributed by atoms with Crippen LogP contribution >= 0.6 is 0 Å². The molecule has 3 aromatic rings. The highest BCUT2D eigenvalue weighted by Gasteiger charge is 2.30. The smallest absolute Gasteiger partial charge is 0.330 e. The highest BCUT2D eigenvalue weighted by Crippen LogP contribution is 2.40. The van der Waals surface area contributed by atoms with Gasteiger partial charge >= 0.3 is 5.97 Å². The van der Waals surface area contributed by atoms with Crippen LogP contribution in [0.3, 0.4) is 0 Å². The summed E-state index contributed by atoms with van der Waals surface area (Å²) in [6.07, 6.45) is 3.54. The fourth-order valence-corrected chi connectivity index (χ4v) is 3.35. The Bertz CT molecular complexity index is 1020. The fraction of sp³-hybridized carbons (Fsp3) is 0.333. The maximum atomic E-state index is 13.1. The highest BCUT2D eigenvalue weighted by molar-refractivity contribution is 6.07. The van der Waals surface area contributed by atoms with Crippen LogP contribution in [0.1, 0.15) is 65.5 Å². The quantitative estimate of drug-likeness (QED) is 0.650. The molecule has 1 aliphatic carbocycles. The van der Waals surface area contributed by atoms with Crippen LogP contribution in [0.25, 0.3) is 11.1 Å². The number of nitrogens with zero attached hydrogens (tertiary/aromatic N) is 2. The van der Waals surface area contributed by atoms with Crippen molar-refractivity contribution in [1.82, 2.24) is 15.5 Å². The van der Waals surface area contributed by atoms with E-state index in [0.717, 1.165) is 25.0 Å². The molecule has 2 N–H and O–H groups in total. The Hall–Kier alpha value is -3.22. The molecule has 0 unspecified atom stereocenters. The second kappa shape index (κ2) is 7.42. The molecule has 0 spiro atoms. The first kappa shape index (κ1) is 18.2. The number of carbonyl (C=O) groups is 2. The summed E-state index contributed by atoms with van der Waals surface area (Å²) in [4.78, 5) is 29.4. The Morgan fingerprint density at radius 1 is 1.29 bits per heavy atom. The number of nitrogens with one attached hydrogen (secondary N) is 1. The van der Waals surface area contributed by atoms with Crippen LogP contribution in [-0.4, -0.2) is 27.1 Å². The van der Waals surface area contributed by atoms with Gasteiger partial charge in [-0.15, -0.1) is 0 Å². The number of fused-ring (bicyclic) bond motifs is 1. The van der Waals surface area contributed by atoms with Gasteiger partial charge in [0.1, 0.15) is 0 Å². The standard InChI is InChI=1S/C21H21N3O4/c1-2-6-15-17-14(11-16(12-9-10-12)22-20(17)28-24-15)19(25)23-18(21(26)27)13-7-4-3-5-8-13/h3-5,7-8,11-12,18H,2,6,9-10H2,1H3,(H,23,25)(H,26,27)/t18-/m0/s1. The van der Waals surface area contributed by atoms with Gasteiger partial charge in [0.05, 0.1) is 16.6 Å². The minimum absolute atomic E-state index is 0.320. The van der Waals surface area contributed by atoms with Gasteiger partial charge in [0.25, 0.3) is 11.6 Å². The largest absolute Gasteiger partial charge is 0.479 e. The number of aromatic nitrogens is 2. The fourth-order valence-electron chi connectivity index (χ4n) is 3.35. The normalized spacial score (nSPS) is 14.8. The van der Waals surface area contributed by atoms with Crippen molar-refractivity contribution in [3.63, 3.8) is 0 Å². The monoisotopic (exact) mass is 379 g/mol. The number of pyridine rings is 1. The van der Waals surface area contributed by atoms with Gasteiger partial charge in [0.2, 0.25) is 0 Å². The number of aryl methyl sites for hydroxylation is 1. The molecule has 7 nitrogen and oxygen atoms in total. The van der Waals surface area contributed by atoms with Crippen molar-refractivity contribution in [3.05, 3.63) is 58.9 Å². The van der Waals surface area contributed by atoms with Crippen molar-refractivity contribution in [2.75, 3.05) is 0 Å². The van der Waals surface area contributed by atoms with Crippen LogP contribution in [0.5, 0.6) is 0 Å². The average molecular weight is 379 g/mol. The van der Waals surface area contributed by atoms with Crippen molar-refractivity contribution in [3.8, 4) is 0 Å². The topological polar surface area (TPSA) is 105 Å². The van der Waals surface area contributed by atoms with E-state index in [-0.39, 0.29) is 0 Å². The molecule has 1 amide bonds. The summed E-state index contributed by atoms with van der Waals surface area (Å²) >= 11 is 0. The zero-order valence-corrected chi connectivity index (χ0v) is 15.5. The summed E-state index contributed by atoms with van der Waals surface area (Å²) in [5.41, 5.74) is 2.69. The first-order chi connectivity index (χ1) is 13.6. The molecule has 0 radical (unpaired) electrons. The zero-order chi connectivity index (χ0) is 19.7. The molecule has 2 aromatic heterocycles. The van der Waals surface area contributed by atoms with Crippen molar-refractivity contribution < 1.29 is 19.2 Å². The summed E-state index contributed by atoms with van der Waals surface area (Å²) in [6, 6.07) is 9.26. The van der Waals surface area contributed by atoms with Gasteiger partial charge < -0.3 is 14.9 Å². The number of aliphatic carboxylic acids is 1. The summed E-state index contributed by atoms with van der Waals surface area (Å²) in [5.74, 6) is -1.27. The molecular formula is C21H21N3O4. The summed E-state index contributed by atoms with van der Waals surface area (Å²) in [6.45, 7) is 2.02. The average Bonchev–Trinajstić information content (AvgIpc) is 3.48. The summed E-state index contributed by atoms with van der Waals surface area (Å²) in [5, 5.41) is 16.9. The Morgan fingerprint density at radius 3 is 2.68 bits per heavy atom. The molecule has 7 heteroatoms. The van der Waals surface area contributed by atoms with E-state index < -0.39 is 17.9 Å². The van der Waals surface area contributed by atoms with Crippen molar-refractivity contribution in [1.29, 1.82) is 0 Å². The van der Waals surface area contributed by atoms with Crippen LogP contribution in [-0.2, 0) is 11.2 Å². The number of hydrogen-bond acceptors (Lipinski definition) is 5. The highest BCUT2D eigenvalue weighted by atomic mass is 16.5. The number of carbonyl (C=O) groups excluding carboxylic acids is 1. The van der Waals surface area contributed by atoms with E-state index in [1.54, 1.807) is 36.4 Å². The lowest BCUT2D eigenvalue weighted by Gasteiger charge is -2.15. The van der Waals surface area contributed by atoms with E-state index in [0.29, 0.717) is 40.3 Å². The van der Waals surface area contributed by atoms with E-state index >= 15 is 0 Å². The van der Waals surface area contributed by atoms with E-state index in [4.69, 9.17) is 4.52 Å². The zero-order valence-electron chi connectivity index (χ0n) is 15.5. The van der Waals surface area contributed by atoms with Crippen molar-refractivity contribution in [2.24, 2.45) is 0 Å². The van der Waals surface area contributed by atoms with Gasteiger partial charge in [0, 0.05) is 11.6 Å². The minimum atomic E-state index is -1.14. The van der Waals surface area contributed by atoms with E-state index in [9.17, 15) is 14.7 Å². The lowest BCUT2D eigenvalue weighted by molar-refractivity contribution is -0.139. The molecule has 28 heavy (non-hydrogen) atoms. The number of carboxylic acid groups (broad SMARTS) is 1. The molecule has 2 heterocycles. The van der Waals surface area contributed by atoms with E-state index in [2.05, 4.69) is 15.5 Å². The number of rotatable bonds is 7. The third-order valence-corrected chi connectivity index (χ3v) is 4.92.